The first-order valence-electron chi connectivity index (χ1n) is 21.7. The SMILES string of the molecule is CC/C=C\C/C=C\C/C=C\C/C=C\C/C=C\C/C=C\CCC(=O)OCC(O)COP(=O)(O)OCCNC(=O)CCCCCCCCC/C=C\C/C=C\CCCCC. The van der Waals surface area contributed by atoms with Gasteiger partial charge < -0.3 is 20.1 Å². The lowest BCUT2D eigenvalue weighted by atomic mass is 10.1. The summed E-state index contributed by atoms with van der Waals surface area (Å²) in [6.07, 6.45) is 54.9. The van der Waals surface area contributed by atoms with Crippen molar-refractivity contribution in [1.29, 1.82) is 0 Å². The quantitative estimate of drug-likeness (QED) is 0.0242. The number of carbonyl (C=O) groups excluding carboxylic acids is 2. The van der Waals surface area contributed by atoms with Gasteiger partial charge in [0.2, 0.25) is 5.91 Å². The molecule has 1 amide bonds. The fourth-order valence-corrected chi connectivity index (χ4v) is 6.02. The zero-order valence-corrected chi connectivity index (χ0v) is 36.4. The van der Waals surface area contributed by atoms with Gasteiger partial charge >= 0.3 is 13.8 Å². The number of carbonyl (C=O) groups is 2. The van der Waals surface area contributed by atoms with Gasteiger partial charge in [-0.2, -0.15) is 0 Å². The van der Waals surface area contributed by atoms with Crippen LogP contribution in [0.2, 0.25) is 0 Å². The van der Waals surface area contributed by atoms with Gasteiger partial charge in [0.15, 0.2) is 0 Å². The molecule has 0 heterocycles. The van der Waals surface area contributed by atoms with Crippen LogP contribution >= 0.6 is 7.82 Å². The summed E-state index contributed by atoms with van der Waals surface area (Å²) in [6, 6.07) is 0. The summed E-state index contributed by atoms with van der Waals surface area (Å²) >= 11 is 0. The topological polar surface area (TPSA) is 131 Å². The Bertz CT molecular complexity index is 1250. The highest BCUT2D eigenvalue weighted by Crippen LogP contribution is 2.42. The van der Waals surface area contributed by atoms with Gasteiger partial charge in [-0.1, -0.05) is 156 Å². The molecule has 0 fully saturated rings. The zero-order valence-electron chi connectivity index (χ0n) is 35.5. The Morgan fingerprint density at radius 1 is 0.561 bits per heavy atom. The highest BCUT2D eigenvalue weighted by atomic mass is 31.2. The molecule has 0 aliphatic heterocycles. The molecular formula is C47H78NO8P. The minimum absolute atomic E-state index is 0.0629. The van der Waals surface area contributed by atoms with Gasteiger partial charge in [0.25, 0.3) is 0 Å². The predicted octanol–water partition coefficient (Wildman–Crippen LogP) is 12.2. The molecule has 0 bridgehead atoms. The molecule has 57 heavy (non-hydrogen) atoms. The van der Waals surface area contributed by atoms with E-state index in [1.54, 1.807) is 0 Å². The monoisotopic (exact) mass is 816 g/mol. The van der Waals surface area contributed by atoms with Crippen LogP contribution in [0.3, 0.4) is 0 Å². The Kier molecular flexibility index (Phi) is 40.2. The second kappa shape index (κ2) is 42.5. The maximum absolute atomic E-state index is 12.1. The van der Waals surface area contributed by atoms with Gasteiger partial charge in [0, 0.05) is 19.4 Å². The lowest BCUT2D eigenvalue weighted by Gasteiger charge is -2.15. The van der Waals surface area contributed by atoms with Crippen molar-refractivity contribution in [1.82, 2.24) is 5.32 Å². The lowest BCUT2D eigenvalue weighted by Crippen LogP contribution is -2.27. The summed E-state index contributed by atoms with van der Waals surface area (Å²) in [7, 11) is -4.44. The van der Waals surface area contributed by atoms with Crippen molar-refractivity contribution in [2.45, 2.75) is 161 Å². The molecule has 2 unspecified atom stereocenters. The number of phosphoric acid groups is 1. The fraction of sp³-hybridized carbons (Fsp3) is 0.617. The Labute approximate surface area is 346 Å². The Hall–Kier alpha value is -3.07. The van der Waals surface area contributed by atoms with Gasteiger partial charge in [0.05, 0.1) is 13.2 Å². The van der Waals surface area contributed by atoms with E-state index in [1.165, 1.54) is 51.4 Å². The minimum atomic E-state index is -4.44. The van der Waals surface area contributed by atoms with Crippen LogP contribution in [0.4, 0.5) is 0 Å². The average Bonchev–Trinajstić information content (AvgIpc) is 3.20. The van der Waals surface area contributed by atoms with Gasteiger partial charge in [-0.3, -0.25) is 18.6 Å². The Morgan fingerprint density at radius 2 is 1.02 bits per heavy atom. The smallest absolute Gasteiger partial charge is 0.463 e. The summed E-state index contributed by atoms with van der Waals surface area (Å²) in [5.74, 6) is -0.619. The van der Waals surface area contributed by atoms with Crippen molar-refractivity contribution in [3.05, 3.63) is 97.2 Å². The molecule has 9 nitrogen and oxygen atoms in total. The number of esters is 1. The van der Waals surface area contributed by atoms with Gasteiger partial charge in [-0.05, 0) is 83.5 Å². The van der Waals surface area contributed by atoms with Crippen LogP contribution in [-0.2, 0) is 27.9 Å². The van der Waals surface area contributed by atoms with Crippen LogP contribution in [0.25, 0.3) is 0 Å². The second-order valence-corrected chi connectivity index (χ2v) is 15.4. The first-order chi connectivity index (χ1) is 27.8. The minimum Gasteiger partial charge on any atom is -0.463 e. The number of rotatable bonds is 39. The van der Waals surface area contributed by atoms with Gasteiger partial charge in [-0.25, -0.2) is 4.57 Å². The van der Waals surface area contributed by atoms with E-state index in [-0.39, 0.29) is 32.1 Å². The molecule has 0 aliphatic carbocycles. The molecule has 0 saturated carbocycles. The number of unbranched alkanes of at least 4 members (excludes halogenated alkanes) is 10. The van der Waals surface area contributed by atoms with Crippen molar-refractivity contribution >= 4 is 19.7 Å². The average molecular weight is 816 g/mol. The third-order valence-corrected chi connectivity index (χ3v) is 9.50. The molecule has 0 rings (SSSR count). The third-order valence-electron chi connectivity index (χ3n) is 8.51. The van der Waals surface area contributed by atoms with E-state index in [9.17, 15) is 24.2 Å². The molecule has 0 aliphatic rings. The molecule has 0 aromatic carbocycles. The molecule has 0 radical (unpaired) electrons. The second-order valence-electron chi connectivity index (χ2n) is 13.9. The van der Waals surface area contributed by atoms with Crippen LogP contribution in [-0.4, -0.2) is 54.3 Å². The number of aliphatic hydroxyl groups excluding tert-OH is 1. The molecule has 0 spiro atoms. The van der Waals surface area contributed by atoms with Crippen LogP contribution in [0.15, 0.2) is 97.2 Å². The van der Waals surface area contributed by atoms with Gasteiger partial charge in [-0.15, -0.1) is 0 Å². The van der Waals surface area contributed by atoms with Crippen molar-refractivity contribution in [3.8, 4) is 0 Å². The normalized spacial score (nSPS) is 14.2. The predicted molar refractivity (Wildman–Crippen MR) is 238 cm³/mol. The van der Waals surface area contributed by atoms with E-state index >= 15 is 0 Å². The van der Waals surface area contributed by atoms with Crippen molar-refractivity contribution < 1.29 is 37.9 Å². The zero-order chi connectivity index (χ0) is 41.8. The number of phosphoric ester groups is 1. The standard InChI is InChI=1S/C47H78NO8P/c1-3-5-7-9-11-13-15-17-19-21-22-24-26-28-30-32-34-36-38-40-47(51)54-43-45(49)44-56-57(52,53)55-42-41-48-46(50)39-37-35-33-31-29-27-25-23-20-18-16-14-12-10-8-6-4-2/h5,7,11-14,17-20,22,24,28,30,34,36,45,49H,3-4,6,8-10,15-16,21,23,25-27,29,31-33,35,37-44H2,1-2H3,(H,48,50)(H,52,53)/b7-5-,13-11-,14-12-,19-17-,20-18-,24-22-,30-28-,36-34-. The summed E-state index contributed by atoms with van der Waals surface area (Å²) in [5.41, 5.74) is 0. The van der Waals surface area contributed by atoms with Crippen LogP contribution < -0.4 is 5.32 Å². The maximum atomic E-state index is 12.1. The number of aliphatic hydroxyl groups is 1. The highest BCUT2D eigenvalue weighted by Gasteiger charge is 2.23. The summed E-state index contributed by atoms with van der Waals surface area (Å²) in [5, 5.41) is 12.7. The summed E-state index contributed by atoms with van der Waals surface area (Å²) in [4.78, 5) is 33.9. The van der Waals surface area contributed by atoms with E-state index in [2.05, 4.69) is 104 Å². The molecule has 0 saturated heterocycles. The molecule has 324 valence electrons. The van der Waals surface area contributed by atoms with Crippen molar-refractivity contribution in [3.63, 3.8) is 0 Å². The Balaban J connectivity index is 3.74. The molecule has 0 aromatic heterocycles. The van der Waals surface area contributed by atoms with E-state index in [4.69, 9.17) is 13.8 Å². The summed E-state index contributed by atoms with van der Waals surface area (Å²) < 4.78 is 26.8. The van der Waals surface area contributed by atoms with E-state index in [1.807, 2.05) is 12.2 Å². The third kappa shape index (κ3) is 43.9. The van der Waals surface area contributed by atoms with Crippen molar-refractivity contribution in [2.24, 2.45) is 0 Å². The van der Waals surface area contributed by atoms with E-state index < -0.39 is 26.5 Å². The first-order valence-corrected chi connectivity index (χ1v) is 23.2. The van der Waals surface area contributed by atoms with Crippen molar-refractivity contribution in [2.75, 3.05) is 26.4 Å². The number of allylic oxidation sites excluding steroid dienone is 16. The lowest BCUT2D eigenvalue weighted by molar-refractivity contribution is -0.147. The number of hydrogen-bond donors (Lipinski definition) is 3. The van der Waals surface area contributed by atoms with E-state index in [0.717, 1.165) is 70.6 Å². The number of amides is 1. The summed E-state index contributed by atoms with van der Waals surface area (Å²) in [6.45, 7) is 3.30. The van der Waals surface area contributed by atoms with Gasteiger partial charge in [0.1, 0.15) is 12.7 Å². The number of ether oxygens (including phenoxy) is 1. The first kappa shape index (κ1) is 53.9. The van der Waals surface area contributed by atoms with Crippen LogP contribution in [0.5, 0.6) is 0 Å². The van der Waals surface area contributed by atoms with Crippen LogP contribution in [0.1, 0.15) is 155 Å². The molecule has 10 heteroatoms. The van der Waals surface area contributed by atoms with Crippen LogP contribution in [0, 0.1) is 0 Å². The van der Waals surface area contributed by atoms with E-state index in [0.29, 0.717) is 12.8 Å². The molecular weight excluding hydrogens is 737 g/mol. The fourth-order valence-electron chi connectivity index (χ4n) is 5.26. The highest BCUT2D eigenvalue weighted by molar-refractivity contribution is 7.47. The number of hydrogen-bond acceptors (Lipinski definition) is 7. The largest absolute Gasteiger partial charge is 0.472 e. The molecule has 2 atom stereocenters. The maximum Gasteiger partial charge on any atom is 0.472 e. The Morgan fingerprint density at radius 3 is 1.54 bits per heavy atom. The molecule has 3 N–H and O–H groups in total. The number of nitrogens with one attached hydrogen (secondary N) is 1. The molecule has 0 aromatic rings.